The van der Waals surface area contributed by atoms with Crippen molar-refractivity contribution in [2.75, 3.05) is 6.26 Å². The van der Waals surface area contributed by atoms with Crippen LogP contribution in [0.15, 0.2) is 9.94 Å². The van der Waals surface area contributed by atoms with E-state index in [9.17, 15) is 0 Å². The Morgan fingerprint density at radius 3 is 2.00 bits per heavy atom. The predicted molar refractivity (Wildman–Crippen MR) is 46.9 cm³/mol. The summed E-state index contributed by atoms with van der Waals surface area (Å²) in [6.07, 6.45) is 2.04. The van der Waals surface area contributed by atoms with Crippen LogP contribution in [-0.2, 0) is 0 Å². The van der Waals surface area contributed by atoms with Crippen LogP contribution >= 0.6 is 23.4 Å². The highest BCUT2D eigenvalue weighted by molar-refractivity contribution is 8.02. The van der Waals surface area contributed by atoms with Crippen molar-refractivity contribution >= 4 is 23.4 Å². The van der Waals surface area contributed by atoms with Crippen LogP contribution in [0.3, 0.4) is 0 Å². The van der Waals surface area contributed by atoms with E-state index in [4.69, 9.17) is 11.6 Å². The van der Waals surface area contributed by atoms with E-state index in [1.165, 1.54) is 4.91 Å². The second-order valence-electron chi connectivity index (χ2n) is 2.26. The highest BCUT2D eigenvalue weighted by Gasteiger charge is 2.01. The fourth-order valence-electron chi connectivity index (χ4n) is 0.504. The van der Waals surface area contributed by atoms with Gasteiger partial charge in [-0.05, 0) is 24.0 Å². The van der Waals surface area contributed by atoms with E-state index < -0.39 is 0 Å². The van der Waals surface area contributed by atoms with Gasteiger partial charge in [0, 0.05) is 5.03 Å². The highest BCUT2D eigenvalue weighted by atomic mass is 35.5. The van der Waals surface area contributed by atoms with E-state index >= 15 is 0 Å². The van der Waals surface area contributed by atoms with Crippen molar-refractivity contribution < 1.29 is 0 Å². The van der Waals surface area contributed by atoms with Crippen molar-refractivity contribution in [3.05, 3.63) is 9.94 Å². The van der Waals surface area contributed by atoms with Crippen LogP contribution in [0.25, 0.3) is 0 Å². The maximum atomic E-state index is 5.93. The fraction of sp³-hybridized carbons (Fsp3) is 0.714. The van der Waals surface area contributed by atoms with Crippen molar-refractivity contribution in [2.24, 2.45) is 5.92 Å². The van der Waals surface area contributed by atoms with Gasteiger partial charge in [-0.15, -0.1) is 11.8 Å². The number of rotatable bonds is 2. The Balaban J connectivity index is 4.10. The monoisotopic (exact) mass is 164 g/mol. The Hall–Kier alpha value is 0.380. The Morgan fingerprint density at radius 1 is 1.44 bits per heavy atom. The van der Waals surface area contributed by atoms with Crippen molar-refractivity contribution in [2.45, 2.75) is 20.8 Å². The molecule has 0 fully saturated rings. The third kappa shape index (κ3) is 3.17. The van der Waals surface area contributed by atoms with E-state index in [0.717, 1.165) is 5.03 Å². The summed E-state index contributed by atoms with van der Waals surface area (Å²) < 4.78 is 0. The quantitative estimate of drug-likeness (QED) is 0.603. The molecular formula is C7H13ClS. The molecule has 0 radical (unpaired) electrons. The van der Waals surface area contributed by atoms with E-state index in [1.54, 1.807) is 11.8 Å². The molecule has 0 aromatic carbocycles. The molecule has 0 aliphatic carbocycles. The summed E-state index contributed by atoms with van der Waals surface area (Å²) in [4.78, 5) is 1.23. The number of hydrogen-bond donors (Lipinski definition) is 0. The molecule has 0 bridgehead atoms. The van der Waals surface area contributed by atoms with Gasteiger partial charge in [0.25, 0.3) is 0 Å². The van der Waals surface area contributed by atoms with Gasteiger partial charge in [0.2, 0.25) is 0 Å². The van der Waals surface area contributed by atoms with E-state index in [1.807, 2.05) is 13.2 Å². The maximum Gasteiger partial charge on any atom is 0.0298 e. The zero-order valence-electron chi connectivity index (χ0n) is 6.36. The van der Waals surface area contributed by atoms with Crippen LogP contribution < -0.4 is 0 Å². The molecule has 0 aromatic rings. The van der Waals surface area contributed by atoms with Gasteiger partial charge >= 0.3 is 0 Å². The summed E-state index contributed by atoms with van der Waals surface area (Å²) in [5.74, 6) is 0.471. The third-order valence-corrected chi connectivity index (χ3v) is 2.81. The largest absolute Gasteiger partial charge is 0.133 e. The molecule has 0 N–H and O–H groups in total. The molecule has 0 nitrogen and oxygen atoms in total. The normalized spacial score (nSPS) is 14.0. The molecule has 0 amide bonds. The average Bonchev–Trinajstić information content (AvgIpc) is 1.84. The van der Waals surface area contributed by atoms with Crippen molar-refractivity contribution in [3.8, 4) is 0 Å². The molecule has 0 saturated carbocycles. The smallest absolute Gasteiger partial charge is 0.0298 e. The Kier molecular flexibility index (Phi) is 4.41. The summed E-state index contributed by atoms with van der Waals surface area (Å²) >= 11 is 7.63. The summed E-state index contributed by atoms with van der Waals surface area (Å²) in [6, 6.07) is 0. The molecule has 2 heteroatoms. The van der Waals surface area contributed by atoms with E-state index in [0.29, 0.717) is 5.92 Å². The van der Waals surface area contributed by atoms with Gasteiger partial charge in [-0.25, -0.2) is 0 Å². The number of thioether (sulfide) groups is 1. The lowest BCUT2D eigenvalue weighted by Gasteiger charge is -2.04. The van der Waals surface area contributed by atoms with Crippen LogP contribution in [0, 0.1) is 5.92 Å². The SMILES string of the molecule is CS/C(C)=C(\Cl)C(C)C. The molecule has 0 heterocycles. The van der Waals surface area contributed by atoms with E-state index in [2.05, 4.69) is 13.8 Å². The summed E-state index contributed by atoms with van der Waals surface area (Å²) in [5, 5.41) is 0.988. The first-order chi connectivity index (χ1) is 4.09. The molecular weight excluding hydrogens is 152 g/mol. The maximum absolute atomic E-state index is 5.93. The fourth-order valence-corrected chi connectivity index (χ4v) is 1.17. The molecule has 0 unspecified atom stereocenters. The molecule has 0 saturated heterocycles. The molecule has 54 valence electrons. The predicted octanol–water partition coefficient (Wildman–Crippen LogP) is 3.48. The highest BCUT2D eigenvalue weighted by Crippen LogP contribution is 2.24. The molecule has 0 aliphatic heterocycles. The standard InChI is InChI=1S/C7H13ClS/c1-5(2)7(8)6(3)9-4/h5H,1-4H3/b7-6-. The van der Waals surface area contributed by atoms with Gasteiger partial charge in [0.05, 0.1) is 0 Å². The van der Waals surface area contributed by atoms with Gasteiger partial charge in [0.15, 0.2) is 0 Å². The lowest BCUT2D eigenvalue weighted by Crippen LogP contribution is -1.87. The topological polar surface area (TPSA) is 0 Å². The summed E-state index contributed by atoms with van der Waals surface area (Å²) in [7, 11) is 0. The Bertz CT molecular complexity index is 116. The van der Waals surface area contributed by atoms with E-state index in [-0.39, 0.29) is 0 Å². The summed E-state index contributed by atoms with van der Waals surface area (Å²) in [6.45, 7) is 6.25. The lowest BCUT2D eigenvalue weighted by molar-refractivity contribution is 0.809. The number of halogens is 1. The van der Waals surface area contributed by atoms with Gasteiger partial charge in [-0.2, -0.15) is 0 Å². The summed E-state index contributed by atoms with van der Waals surface area (Å²) in [5.41, 5.74) is 0. The molecule has 9 heavy (non-hydrogen) atoms. The number of allylic oxidation sites excluding steroid dienone is 2. The molecule has 0 rings (SSSR count). The first kappa shape index (κ1) is 9.38. The van der Waals surface area contributed by atoms with Crippen molar-refractivity contribution in [3.63, 3.8) is 0 Å². The van der Waals surface area contributed by atoms with Gasteiger partial charge in [-0.1, -0.05) is 25.4 Å². The second-order valence-corrected chi connectivity index (χ2v) is 3.69. The molecule has 0 aromatic heterocycles. The molecule has 0 spiro atoms. The first-order valence-electron chi connectivity index (χ1n) is 2.99. The van der Waals surface area contributed by atoms with Crippen LogP contribution in [0.2, 0.25) is 0 Å². The molecule has 0 aliphatic rings. The number of hydrogen-bond acceptors (Lipinski definition) is 1. The van der Waals surface area contributed by atoms with Crippen molar-refractivity contribution in [1.29, 1.82) is 0 Å². The minimum absolute atomic E-state index is 0.471. The minimum Gasteiger partial charge on any atom is -0.133 e. The van der Waals surface area contributed by atoms with Crippen LogP contribution in [0.4, 0.5) is 0 Å². The second kappa shape index (κ2) is 4.24. The Morgan fingerprint density at radius 2 is 1.89 bits per heavy atom. The molecule has 0 atom stereocenters. The van der Waals surface area contributed by atoms with Gasteiger partial charge in [0.1, 0.15) is 0 Å². The van der Waals surface area contributed by atoms with Crippen LogP contribution in [0.1, 0.15) is 20.8 Å². The van der Waals surface area contributed by atoms with Crippen LogP contribution in [0.5, 0.6) is 0 Å². The zero-order chi connectivity index (χ0) is 7.44. The lowest BCUT2D eigenvalue weighted by atomic mass is 10.2. The average molecular weight is 165 g/mol. The van der Waals surface area contributed by atoms with Gasteiger partial charge in [-0.3, -0.25) is 0 Å². The van der Waals surface area contributed by atoms with Crippen molar-refractivity contribution in [1.82, 2.24) is 0 Å². The zero-order valence-corrected chi connectivity index (χ0v) is 7.94. The first-order valence-corrected chi connectivity index (χ1v) is 4.60. The van der Waals surface area contributed by atoms with Crippen LogP contribution in [-0.4, -0.2) is 6.26 Å². The minimum atomic E-state index is 0.471. The van der Waals surface area contributed by atoms with Gasteiger partial charge < -0.3 is 0 Å². The Labute approximate surface area is 66.7 Å². The third-order valence-electron chi connectivity index (χ3n) is 1.15.